The van der Waals surface area contributed by atoms with Crippen molar-refractivity contribution in [3.8, 4) is 0 Å². The molecule has 0 saturated carbocycles. The second-order valence-electron chi connectivity index (χ2n) is 4.25. The molecule has 1 aromatic heterocycles. The van der Waals surface area contributed by atoms with E-state index >= 15 is 0 Å². The molecule has 3 heteroatoms. The van der Waals surface area contributed by atoms with Crippen molar-refractivity contribution < 1.29 is 4.79 Å². The third-order valence-corrected chi connectivity index (χ3v) is 2.97. The average Bonchev–Trinajstić information content (AvgIpc) is 2.63. The van der Waals surface area contributed by atoms with Gasteiger partial charge in [0.05, 0.1) is 4.88 Å². The fourth-order valence-electron chi connectivity index (χ4n) is 1.31. The van der Waals surface area contributed by atoms with Gasteiger partial charge in [0.25, 0.3) is 0 Å². The molecule has 92 valence electrons. The highest BCUT2D eigenvalue weighted by atomic mass is 32.1. The molecule has 2 nitrogen and oxygen atoms in total. The van der Waals surface area contributed by atoms with Crippen LogP contribution in [0.3, 0.4) is 0 Å². The Balaban J connectivity index is 0.000000293. The molecule has 0 bridgehead atoms. The number of thiophene rings is 1. The standard InChI is InChI=1S/C7H8OS.C6H15N/c1-2-6-3-4-7(5-8)9-6;1-5(2)7-6(3)4/h3-5H,2H2,1H3;5-7H,1-4H3. The Labute approximate surface area is 103 Å². The molecule has 0 aliphatic rings. The minimum Gasteiger partial charge on any atom is -0.312 e. The molecule has 1 rings (SSSR count). The van der Waals surface area contributed by atoms with E-state index in [0.717, 1.165) is 17.6 Å². The molecule has 0 saturated heterocycles. The number of nitrogens with one attached hydrogen (secondary N) is 1. The number of carbonyl (C=O) groups excluding carboxylic acids is 1. The lowest BCUT2D eigenvalue weighted by Gasteiger charge is -2.10. The average molecular weight is 241 g/mol. The first-order chi connectivity index (χ1) is 7.49. The highest BCUT2D eigenvalue weighted by Gasteiger charge is 1.94. The van der Waals surface area contributed by atoms with Crippen LogP contribution in [0.15, 0.2) is 12.1 Å². The fraction of sp³-hybridized carbons (Fsp3) is 0.615. The summed E-state index contributed by atoms with van der Waals surface area (Å²) in [6.07, 6.45) is 1.92. The van der Waals surface area contributed by atoms with E-state index in [9.17, 15) is 4.79 Å². The minimum atomic E-state index is 0.625. The summed E-state index contributed by atoms with van der Waals surface area (Å²) in [5.41, 5.74) is 0. The first-order valence-electron chi connectivity index (χ1n) is 5.79. The van der Waals surface area contributed by atoms with Crippen molar-refractivity contribution in [3.05, 3.63) is 21.9 Å². The molecule has 0 aromatic carbocycles. The highest BCUT2D eigenvalue weighted by Crippen LogP contribution is 2.13. The summed E-state index contributed by atoms with van der Waals surface area (Å²) in [5, 5.41) is 3.31. The fourth-order valence-corrected chi connectivity index (χ4v) is 2.08. The summed E-state index contributed by atoms with van der Waals surface area (Å²) >= 11 is 1.56. The summed E-state index contributed by atoms with van der Waals surface area (Å²) in [6.45, 7) is 10.7. The van der Waals surface area contributed by atoms with Gasteiger partial charge in [0.2, 0.25) is 0 Å². The normalized spacial score (nSPS) is 10.2. The van der Waals surface area contributed by atoms with Gasteiger partial charge in [-0.2, -0.15) is 0 Å². The number of aryl methyl sites for hydroxylation is 1. The quantitative estimate of drug-likeness (QED) is 0.817. The molecule has 1 N–H and O–H groups in total. The van der Waals surface area contributed by atoms with Crippen LogP contribution in [0, 0.1) is 0 Å². The number of hydrogen-bond donors (Lipinski definition) is 1. The zero-order valence-electron chi connectivity index (χ0n) is 10.9. The monoisotopic (exact) mass is 241 g/mol. The van der Waals surface area contributed by atoms with Gasteiger partial charge in [-0.1, -0.05) is 34.6 Å². The molecule has 0 atom stereocenters. The zero-order valence-corrected chi connectivity index (χ0v) is 11.7. The van der Waals surface area contributed by atoms with Crippen molar-refractivity contribution in [1.29, 1.82) is 0 Å². The molecule has 0 aliphatic heterocycles. The van der Waals surface area contributed by atoms with E-state index in [1.54, 1.807) is 11.3 Å². The Bertz CT molecular complexity index is 286. The first-order valence-corrected chi connectivity index (χ1v) is 6.61. The predicted octanol–water partition coefficient (Wildman–Crippen LogP) is 3.52. The molecule has 1 heterocycles. The van der Waals surface area contributed by atoms with Crippen LogP contribution in [0.2, 0.25) is 0 Å². The zero-order chi connectivity index (χ0) is 12.6. The van der Waals surface area contributed by atoms with Gasteiger partial charge in [-0.15, -0.1) is 11.3 Å². The number of rotatable bonds is 4. The van der Waals surface area contributed by atoms with Crippen LogP contribution in [0.25, 0.3) is 0 Å². The number of hydrogen-bond acceptors (Lipinski definition) is 3. The van der Waals surface area contributed by atoms with Crippen LogP contribution in [-0.2, 0) is 6.42 Å². The van der Waals surface area contributed by atoms with Crippen molar-refractivity contribution >= 4 is 17.6 Å². The van der Waals surface area contributed by atoms with Gasteiger partial charge in [-0.3, -0.25) is 4.79 Å². The lowest BCUT2D eigenvalue weighted by Crippen LogP contribution is -2.29. The second-order valence-corrected chi connectivity index (χ2v) is 5.45. The van der Waals surface area contributed by atoms with Gasteiger partial charge in [0.1, 0.15) is 0 Å². The maximum atomic E-state index is 10.1. The Kier molecular flexibility index (Phi) is 8.12. The molecule has 0 amide bonds. The maximum absolute atomic E-state index is 10.1. The first kappa shape index (κ1) is 15.3. The lowest BCUT2D eigenvalue weighted by atomic mass is 10.3. The topological polar surface area (TPSA) is 29.1 Å². The van der Waals surface area contributed by atoms with Gasteiger partial charge in [0.15, 0.2) is 6.29 Å². The summed E-state index contributed by atoms with van der Waals surface area (Å²) in [4.78, 5) is 12.2. The molecule has 1 aromatic rings. The lowest BCUT2D eigenvalue weighted by molar-refractivity contribution is 0.112. The number of carbonyl (C=O) groups is 1. The van der Waals surface area contributed by atoms with E-state index in [0.29, 0.717) is 12.1 Å². The van der Waals surface area contributed by atoms with E-state index in [1.165, 1.54) is 4.88 Å². The summed E-state index contributed by atoms with van der Waals surface area (Å²) < 4.78 is 0. The highest BCUT2D eigenvalue weighted by molar-refractivity contribution is 7.13. The second kappa shape index (κ2) is 8.48. The molecule has 0 aliphatic carbocycles. The van der Waals surface area contributed by atoms with E-state index < -0.39 is 0 Å². The van der Waals surface area contributed by atoms with E-state index in [1.807, 2.05) is 12.1 Å². The Morgan fingerprint density at radius 3 is 2.00 bits per heavy atom. The Morgan fingerprint density at radius 2 is 1.81 bits per heavy atom. The Morgan fingerprint density at radius 1 is 1.25 bits per heavy atom. The third-order valence-electron chi connectivity index (χ3n) is 1.81. The summed E-state index contributed by atoms with van der Waals surface area (Å²) in [7, 11) is 0. The van der Waals surface area contributed by atoms with E-state index in [4.69, 9.17) is 0 Å². The maximum Gasteiger partial charge on any atom is 0.160 e. The minimum absolute atomic E-state index is 0.625. The van der Waals surface area contributed by atoms with Crippen LogP contribution < -0.4 is 5.32 Å². The van der Waals surface area contributed by atoms with Crippen molar-refractivity contribution in [2.45, 2.75) is 53.1 Å². The third kappa shape index (κ3) is 7.60. The van der Waals surface area contributed by atoms with Crippen molar-refractivity contribution in [2.75, 3.05) is 0 Å². The largest absolute Gasteiger partial charge is 0.312 e. The molecule has 0 unspecified atom stereocenters. The van der Waals surface area contributed by atoms with Gasteiger partial charge < -0.3 is 5.32 Å². The molecule has 0 spiro atoms. The molecule has 0 radical (unpaired) electrons. The molecular formula is C13H23NOS. The smallest absolute Gasteiger partial charge is 0.160 e. The van der Waals surface area contributed by atoms with Crippen LogP contribution in [0.5, 0.6) is 0 Å². The van der Waals surface area contributed by atoms with E-state index in [2.05, 4.69) is 39.9 Å². The van der Waals surface area contributed by atoms with Crippen LogP contribution >= 0.6 is 11.3 Å². The summed E-state index contributed by atoms with van der Waals surface area (Å²) in [6, 6.07) is 5.10. The van der Waals surface area contributed by atoms with Gasteiger partial charge in [0, 0.05) is 17.0 Å². The van der Waals surface area contributed by atoms with Gasteiger partial charge >= 0.3 is 0 Å². The predicted molar refractivity (Wildman–Crippen MR) is 72.5 cm³/mol. The van der Waals surface area contributed by atoms with Crippen molar-refractivity contribution in [2.24, 2.45) is 0 Å². The number of aldehydes is 1. The van der Waals surface area contributed by atoms with Crippen LogP contribution in [0.4, 0.5) is 0 Å². The molecule has 16 heavy (non-hydrogen) atoms. The molecule has 0 fully saturated rings. The van der Waals surface area contributed by atoms with Crippen molar-refractivity contribution in [1.82, 2.24) is 5.32 Å². The van der Waals surface area contributed by atoms with Crippen molar-refractivity contribution in [3.63, 3.8) is 0 Å². The van der Waals surface area contributed by atoms with Crippen LogP contribution in [0.1, 0.15) is 49.2 Å². The van der Waals surface area contributed by atoms with Crippen LogP contribution in [-0.4, -0.2) is 18.4 Å². The van der Waals surface area contributed by atoms with Gasteiger partial charge in [-0.25, -0.2) is 0 Å². The SMILES string of the molecule is CC(C)NC(C)C.CCc1ccc(C=O)s1. The van der Waals surface area contributed by atoms with Gasteiger partial charge in [-0.05, 0) is 18.6 Å². The van der Waals surface area contributed by atoms with E-state index in [-0.39, 0.29) is 0 Å². The molecular weight excluding hydrogens is 218 g/mol. The Hall–Kier alpha value is -0.670. The summed E-state index contributed by atoms with van der Waals surface area (Å²) in [5.74, 6) is 0.